The topological polar surface area (TPSA) is 17.8 Å². The first-order chi connectivity index (χ1) is 8.81. The number of aromatic nitrogens is 2. The summed E-state index contributed by atoms with van der Waals surface area (Å²) in [6, 6.07) is 16.1. The van der Waals surface area contributed by atoms with E-state index in [0.717, 1.165) is 34.0 Å². The summed E-state index contributed by atoms with van der Waals surface area (Å²) in [5, 5.41) is 0.739. The molecule has 0 radical (unpaired) electrons. The number of hydrogen-bond donors (Lipinski definition) is 0. The number of benzene rings is 2. The van der Waals surface area contributed by atoms with E-state index in [-0.39, 0.29) is 0 Å². The Balaban J connectivity index is 2.39. The van der Waals surface area contributed by atoms with Crippen LogP contribution in [0.3, 0.4) is 0 Å². The Bertz CT molecular complexity index is 686. The van der Waals surface area contributed by atoms with Crippen LogP contribution in [-0.2, 0) is 6.42 Å². The summed E-state index contributed by atoms with van der Waals surface area (Å²) < 4.78 is 2.14. The Kier molecular flexibility index (Phi) is 2.80. The fourth-order valence-corrected chi connectivity index (χ4v) is 2.48. The fourth-order valence-electron chi connectivity index (χ4n) is 2.23. The zero-order chi connectivity index (χ0) is 12.5. The van der Waals surface area contributed by atoms with Gasteiger partial charge >= 0.3 is 0 Å². The average Bonchev–Trinajstić information content (AvgIpc) is 2.79. The third kappa shape index (κ3) is 1.70. The van der Waals surface area contributed by atoms with Crippen molar-refractivity contribution < 1.29 is 0 Å². The minimum absolute atomic E-state index is 0.739. The SMILES string of the molecule is CCc1nc2cccc(Cl)c2n1-c1ccccc1. The molecule has 0 amide bonds. The molecule has 0 N–H and O–H groups in total. The molecule has 3 aromatic rings. The maximum Gasteiger partial charge on any atom is 0.114 e. The summed E-state index contributed by atoms with van der Waals surface area (Å²) in [6.07, 6.45) is 0.875. The zero-order valence-electron chi connectivity index (χ0n) is 10.1. The highest BCUT2D eigenvalue weighted by Gasteiger charge is 2.13. The molecule has 1 heterocycles. The lowest BCUT2D eigenvalue weighted by Gasteiger charge is -2.08. The molecule has 2 nitrogen and oxygen atoms in total. The van der Waals surface area contributed by atoms with Crippen molar-refractivity contribution in [3.05, 3.63) is 59.4 Å². The van der Waals surface area contributed by atoms with Gasteiger partial charge in [-0.1, -0.05) is 42.8 Å². The van der Waals surface area contributed by atoms with Crippen LogP contribution in [0, 0.1) is 0 Å². The molecule has 3 rings (SSSR count). The Morgan fingerprint density at radius 1 is 1.06 bits per heavy atom. The number of nitrogens with zero attached hydrogens (tertiary/aromatic N) is 2. The van der Waals surface area contributed by atoms with E-state index < -0.39 is 0 Å². The Morgan fingerprint density at radius 3 is 2.56 bits per heavy atom. The molecule has 0 aliphatic heterocycles. The van der Waals surface area contributed by atoms with Gasteiger partial charge < -0.3 is 0 Å². The van der Waals surface area contributed by atoms with Crippen molar-refractivity contribution in [2.75, 3.05) is 0 Å². The van der Waals surface area contributed by atoms with Crippen molar-refractivity contribution in [2.24, 2.45) is 0 Å². The normalized spacial score (nSPS) is 11.0. The summed E-state index contributed by atoms with van der Waals surface area (Å²) in [5.74, 6) is 1.03. The van der Waals surface area contributed by atoms with Gasteiger partial charge in [-0.15, -0.1) is 0 Å². The van der Waals surface area contributed by atoms with Gasteiger partial charge in [0.1, 0.15) is 5.82 Å². The van der Waals surface area contributed by atoms with Gasteiger partial charge in [0.25, 0.3) is 0 Å². The summed E-state index contributed by atoms with van der Waals surface area (Å²) in [5.41, 5.74) is 3.04. The van der Waals surface area contributed by atoms with Crippen molar-refractivity contribution in [3.8, 4) is 5.69 Å². The molecule has 2 aromatic carbocycles. The van der Waals surface area contributed by atoms with Gasteiger partial charge in [-0.3, -0.25) is 4.57 Å². The van der Waals surface area contributed by atoms with Gasteiger partial charge in [0.2, 0.25) is 0 Å². The lowest BCUT2D eigenvalue weighted by atomic mass is 10.2. The number of imidazole rings is 1. The monoisotopic (exact) mass is 256 g/mol. The number of rotatable bonds is 2. The molecule has 18 heavy (non-hydrogen) atoms. The standard InChI is InChI=1S/C15H13ClN2/c1-2-14-17-13-10-6-9-12(16)15(13)18(14)11-7-4-3-5-8-11/h3-10H,2H2,1H3. The summed E-state index contributed by atoms with van der Waals surface area (Å²) >= 11 is 6.32. The molecule has 0 aliphatic carbocycles. The first kappa shape index (κ1) is 11.3. The van der Waals surface area contributed by atoms with E-state index in [1.54, 1.807) is 0 Å². The summed E-state index contributed by atoms with van der Waals surface area (Å²) in [6.45, 7) is 2.11. The van der Waals surface area contributed by atoms with E-state index in [2.05, 4.69) is 28.6 Å². The van der Waals surface area contributed by atoms with Crippen molar-refractivity contribution in [1.82, 2.24) is 9.55 Å². The molecule has 0 atom stereocenters. The predicted octanol–water partition coefficient (Wildman–Crippen LogP) is 4.24. The van der Waals surface area contributed by atoms with Crippen molar-refractivity contribution in [2.45, 2.75) is 13.3 Å². The quantitative estimate of drug-likeness (QED) is 0.671. The first-order valence-corrected chi connectivity index (χ1v) is 6.40. The smallest absolute Gasteiger partial charge is 0.114 e. The molecule has 3 heteroatoms. The molecule has 0 saturated heterocycles. The van der Waals surface area contributed by atoms with Crippen LogP contribution >= 0.6 is 11.6 Å². The molecule has 0 unspecified atom stereocenters. The van der Waals surface area contributed by atoms with Crippen LogP contribution in [0.4, 0.5) is 0 Å². The molecule has 0 spiro atoms. The van der Waals surface area contributed by atoms with Crippen LogP contribution in [0.1, 0.15) is 12.7 Å². The van der Waals surface area contributed by atoms with Crippen LogP contribution in [0.15, 0.2) is 48.5 Å². The first-order valence-electron chi connectivity index (χ1n) is 6.02. The average molecular weight is 257 g/mol. The molecule has 0 saturated carbocycles. The predicted molar refractivity (Wildman–Crippen MR) is 75.5 cm³/mol. The number of fused-ring (bicyclic) bond motifs is 1. The van der Waals surface area contributed by atoms with Crippen LogP contribution in [0.5, 0.6) is 0 Å². The van der Waals surface area contributed by atoms with Crippen molar-refractivity contribution in [3.63, 3.8) is 0 Å². The zero-order valence-corrected chi connectivity index (χ0v) is 10.9. The van der Waals surface area contributed by atoms with Gasteiger partial charge in [0.15, 0.2) is 0 Å². The van der Waals surface area contributed by atoms with Crippen molar-refractivity contribution >= 4 is 22.6 Å². The van der Waals surface area contributed by atoms with Gasteiger partial charge in [0, 0.05) is 12.1 Å². The van der Waals surface area contributed by atoms with Crippen LogP contribution in [0.2, 0.25) is 5.02 Å². The molecule has 1 aromatic heterocycles. The summed E-state index contributed by atoms with van der Waals surface area (Å²) in [7, 11) is 0. The van der Waals surface area contributed by atoms with Gasteiger partial charge in [-0.25, -0.2) is 4.98 Å². The van der Waals surface area contributed by atoms with E-state index >= 15 is 0 Å². The molecule has 0 bridgehead atoms. The van der Waals surface area contributed by atoms with Crippen LogP contribution < -0.4 is 0 Å². The van der Waals surface area contributed by atoms with Crippen molar-refractivity contribution in [1.29, 1.82) is 0 Å². The highest BCUT2D eigenvalue weighted by atomic mass is 35.5. The maximum atomic E-state index is 6.32. The van der Waals surface area contributed by atoms with E-state index in [1.165, 1.54) is 0 Å². The number of aryl methyl sites for hydroxylation is 1. The van der Waals surface area contributed by atoms with E-state index in [1.807, 2.05) is 36.4 Å². The number of hydrogen-bond acceptors (Lipinski definition) is 1. The largest absolute Gasteiger partial charge is 0.295 e. The number of para-hydroxylation sites is 2. The Hall–Kier alpha value is -1.80. The number of halogens is 1. The Morgan fingerprint density at radius 2 is 1.83 bits per heavy atom. The molecule has 0 aliphatic rings. The lowest BCUT2D eigenvalue weighted by molar-refractivity contribution is 0.908. The van der Waals surface area contributed by atoms with E-state index in [0.29, 0.717) is 0 Å². The maximum absolute atomic E-state index is 6.32. The van der Waals surface area contributed by atoms with E-state index in [9.17, 15) is 0 Å². The molecular formula is C15H13ClN2. The molecular weight excluding hydrogens is 244 g/mol. The highest BCUT2D eigenvalue weighted by Crippen LogP contribution is 2.27. The third-order valence-corrected chi connectivity index (χ3v) is 3.33. The van der Waals surface area contributed by atoms with Crippen LogP contribution in [-0.4, -0.2) is 9.55 Å². The highest BCUT2D eigenvalue weighted by molar-refractivity contribution is 6.35. The molecule has 90 valence electrons. The summed E-state index contributed by atoms with van der Waals surface area (Å²) in [4.78, 5) is 4.65. The van der Waals surface area contributed by atoms with Gasteiger partial charge in [-0.05, 0) is 24.3 Å². The lowest BCUT2D eigenvalue weighted by Crippen LogP contribution is -1.99. The fraction of sp³-hybridized carbons (Fsp3) is 0.133. The minimum atomic E-state index is 0.739. The second-order valence-electron chi connectivity index (χ2n) is 4.16. The minimum Gasteiger partial charge on any atom is -0.295 e. The molecule has 0 fully saturated rings. The van der Waals surface area contributed by atoms with E-state index in [4.69, 9.17) is 11.6 Å². The third-order valence-electron chi connectivity index (χ3n) is 3.03. The van der Waals surface area contributed by atoms with Gasteiger partial charge in [-0.2, -0.15) is 0 Å². The Labute approximate surface area is 111 Å². The van der Waals surface area contributed by atoms with Crippen LogP contribution in [0.25, 0.3) is 16.7 Å². The second kappa shape index (κ2) is 4.46. The van der Waals surface area contributed by atoms with Gasteiger partial charge in [0.05, 0.1) is 16.1 Å². The second-order valence-corrected chi connectivity index (χ2v) is 4.57.